The molecule has 3 N–H and O–H groups in total. The van der Waals surface area contributed by atoms with E-state index in [0.29, 0.717) is 6.54 Å². The van der Waals surface area contributed by atoms with Gasteiger partial charge in [0, 0.05) is 43.7 Å². The summed E-state index contributed by atoms with van der Waals surface area (Å²) in [5.74, 6) is 0.997. The van der Waals surface area contributed by atoms with Crippen molar-refractivity contribution in [1.82, 2.24) is 9.80 Å². The van der Waals surface area contributed by atoms with Gasteiger partial charge in [0.05, 0.1) is 5.69 Å². The first-order chi connectivity index (χ1) is 14.0. The fourth-order valence-corrected chi connectivity index (χ4v) is 4.74. The topological polar surface area (TPSA) is 56.9 Å². The first-order valence-electron chi connectivity index (χ1n) is 11.2. The monoisotopic (exact) mass is 417 g/mol. The van der Waals surface area contributed by atoms with Gasteiger partial charge in [-0.2, -0.15) is 0 Å². The average Bonchev–Trinajstić information content (AvgIpc) is 2.77. The summed E-state index contributed by atoms with van der Waals surface area (Å²) in [5, 5.41) is 3.66. The number of piperazine rings is 1. The van der Waals surface area contributed by atoms with Gasteiger partial charge in [-0.15, -0.1) is 11.8 Å². The van der Waals surface area contributed by atoms with E-state index in [1.54, 1.807) is 11.8 Å². The number of nitrogens with two attached hydrogens (primary N) is 1. The van der Waals surface area contributed by atoms with Gasteiger partial charge in [-0.1, -0.05) is 45.2 Å². The molecular weight excluding hydrogens is 378 g/mol. The average molecular weight is 418 g/mol. The van der Waals surface area contributed by atoms with Gasteiger partial charge in [0.2, 0.25) is 0 Å². The summed E-state index contributed by atoms with van der Waals surface area (Å²) in [6, 6.07) is 9.29. The zero-order chi connectivity index (χ0) is 20.7. The van der Waals surface area contributed by atoms with E-state index in [2.05, 4.69) is 59.5 Å². The molecule has 0 bridgehead atoms. The molecule has 29 heavy (non-hydrogen) atoms. The van der Waals surface area contributed by atoms with E-state index in [1.807, 2.05) is 0 Å². The number of nitrogens with one attached hydrogen (secondary N) is 1. The normalized spacial score (nSPS) is 20.1. The summed E-state index contributed by atoms with van der Waals surface area (Å²) in [7, 11) is 0. The number of nitrogens with zero attached hydrogens (tertiary/aromatic N) is 3. The van der Waals surface area contributed by atoms with Crippen LogP contribution in [-0.2, 0) is 0 Å². The highest BCUT2D eigenvalue weighted by Crippen LogP contribution is 2.26. The quantitative estimate of drug-likeness (QED) is 0.414. The molecule has 1 saturated heterocycles. The van der Waals surface area contributed by atoms with Crippen molar-refractivity contribution in [3.05, 3.63) is 24.3 Å². The summed E-state index contributed by atoms with van der Waals surface area (Å²) in [5.41, 5.74) is 7.10. The Labute approximate surface area is 181 Å². The highest BCUT2D eigenvalue weighted by molar-refractivity contribution is 7.98. The molecule has 5 nitrogen and oxygen atoms in total. The first kappa shape index (κ1) is 22.4. The van der Waals surface area contributed by atoms with Crippen LogP contribution in [0.1, 0.15) is 46.0 Å². The zero-order valence-corrected chi connectivity index (χ0v) is 19.3. The van der Waals surface area contributed by atoms with Crippen LogP contribution in [0.4, 0.5) is 5.69 Å². The largest absolute Gasteiger partial charge is 0.340 e. The standard InChI is InChI=1S/C23H39N5S/c1-23(2,17-24)18-25-22(26-20-11-7-8-12-21(20)29-3)28-15-13-27(14-16-28)19-9-5-4-6-10-19/h7-8,11-12,19H,4-6,9-10,13-18,24H2,1-3H3,(H,25,26). The number of hydrogen-bond donors (Lipinski definition) is 2. The van der Waals surface area contributed by atoms with Gasteiger partial charge in [0.15, 0.2) is 5.96 Å². The molecule has 6 heteroatoms. The molecule has 0 amide bonds. The van der Waals surface area contributed by atoms with E-state index >= 15 is 0 Å². The molecule has 1 aliphatic heterocycles. The van der Waals surface area contributed by atoms with Gasteiger partial charge in [-0.05, 0) is 43.2 Å². The van der Waals surface area contributed by atoms with Crippen LogP contribution >= 0.6 is 11.8 Å². The van der Waals surface area contributed by atoms with Crippen LogP contribution < -0.4 is 11.1 Å². The number of guanidine groups is 1. The minimum absolute atomic E-state index is 0.00980. The summed E-state index contributed by atoms with van der Waals surface area (Å²) < 4.78 is 0. The Bertz CT molecular complexity index is 661. The third-order valence-electron chi connectivity index (χ3n) is 6.27. The number of hydrogen-bond acceptors (Lipinski definition) is 4. The maximum Gasteiger partial charge on any atom is 0.198 e. The van der Waals surface area contributed by atoms with E-state index in [0.717, 1.165) is 50.4 Å². The van der Waals surface area contributed by atoms with E-state index in [1.165, 1.54) is 37.0 Å². The van der Waals surface area contributed by atoms with E-state index in [9.17, 15) is 0 Å². The number of benzene rings is 1. The van der Waals surface area contributed by atoms with Gasteiger partial charge in [0.1, 0.15) is 0 Å². The molecule has 2 aliphatic rings. The van der Waals surface area contributed by atoms with Gasteiger partial charge in [-0.25, -0.2) is 0 Å². The Balaban J connectivity index is 1.70. The fraction of sp³-hybridized carbons (Fsp3) is 0.696. The molecule has 1 aromatic carbocycles. The molecule has 0 atom stereocenters. The van der Waals surface area contributed by atoms with Crippen LogP contribution in [0.2, 0.25) is 0 Å². The van der Waals surface area contributed by atoms with Crippen molar-refractivity contribution < 1.29 is 0 Å². The highest BCUT2D eigenvalue weighted by Gasteiger charge is 2.27. The third kappa shape index (κ3) is 6.37. The van der Waals surface area contributed by atoms with Crippen molar-refractivity contribution in [2.24, 2.45) is 16.1 Å². The predicted molar refractivity (Wildman–Crippen MR) is 127 cm³/mol. The second-order valence-electron chi connectivity index (χ2n) is 9.15. The van der Waals surface area contributed by atoms with Crippen molar-refractivity contribution in [1.29, 1.82) is 0 Å². The fourth-order valence-electron chi connectivity index (χ4n) is 4.19. The second-order valence-corrected chi connectivity index (χ2v) is 10.00. The first-order valence-corrected chi connectivity index (χ1v) is 12.4. The zero-order valence-electron chi connectivity index (χ0n) is 18.5. The second kappa shape index (κ2) is 10.7. The molecule has 0 radical (unpaired) electrons. The summed E-state index contributed by atoms with van der Waals surface area (Å²) in [4.78, 5) is 11.4. The number of rotatable bonds is 6. The number of anilines is 1. The van der Waals surface area contributed by atoms with Crippen molar-refractivity contribution in [2.75, 3.05) is 50.8 Å². The van der Waals surface area contributed by atoms with E-state index < -0.39 is 0 Å². The van der Waals surface area contributed by atoms with Crippen LogP contribution in [-0.4, -0.2) is 67.3 Å². The lowest BCUT2D eigenvalue weighted by molar-refractivity contribution is 0.107. The maximum absolute atomic E-state index is 5.96. The molecule has 1 aromatic rings. The summed E-state index contributed by atoms with van der Waals surface area (Å²) >= 11 is 1.77. The Morgan fingerprint density at radius 2 is 1.83 bits per heavy atom. The van der Waals surface area contributed by atoms with Gasteiger partial charge >= 0.3 is 0 Å². The lowest BCUT2D eigenvalue weighted by Gasteiger charge is -2.42. The van der Waals surface area contributed by atoms with Crippen LogP contribution in [0.3, 0.4) is 0 Å². The maximum atomic E-state index is 5.96. The molecule has 162 valence electrons. The van der Waals surface area contributed by atoms with E-state index in [4.69, 9.17) is 10.7 Å². The number of thioether (sulfide) groups is 1. The van der Waals surface area contributed by atoms with Crippen molar-refractivity contribution in [3.63, 3.8) is 0 Å². The smallest absolute Gasteiger partial charge is 0.198 e. The minimum atomic E-state index is 0.00980. The van der Waals surface area contributed by atoms with Crippen LogP contribution in [0.5, 0.6) is 0 Å². The SMILES string of the molecule is CSc1ccccc1NC(=NCC(C)(C)CN)N1CCN(C2CCCCC2)CC1. The van der Waals surface area contributed by atoms with Crippen LogP contribution in [0.25, 0.3) is 0 Å². The number of aliphatic imine (C=N–C) groups is 1. The molecular formula is C23H39N5S. The summed E-state index contributed by atoms with van der Waals surface area (Å²) in [6.45, 7) is 10.1. The van der Waals surface area contributed by atoms with Crippen molar-refractivity contribution >= 4 is 23.4 Å². The molecule has 0 spiro atoms. The highest BCUT2D eigenvalue weighted by atomic mass is 32.2. The van der Waals surface area contributed by atoms with E-state index in [-0.39, 0.29) is 5.41 Å². The molecule has 1 aliphatic carbocycles. The minimum Gasteiger partial charge on any atom is -0.340 e. The van der Waals surface area contributed by atoms with Gasteiger partial charge in [-0.3, -0.25) is 9.89 Å². The summed E-state index contributed by atoms with van der Waals surface area (Å²) in [6.07, 6.45) is 9.11. The van der Waals surface area contributed by atoms with Crippen molar-refractivity contribution in [3.8, 4) is 0 Å². The van der Waals surface area contributed by atoms with Gasteiger partial charge in [0.25, 0.3) is 0 Å². The lowest BCUT2D eigenvalue weighted by atomic mass is 9.94. The van der Waals surface area contributed by atoms with Crippen LogP contribution in [0.15, 0.2) is 34.2 Å². The Kier molecular flexibility index (Phi) is 8.27. The Morgan fingerprint density at radius 3 is 2.48 bits per heavy atom. The Morgan fingerprint density at radius 1 is 1.14 bits per heavy atom. The molecule has 3 rings (SSSR count). The Hall–Kier alpha value is -1.24. The van der Waals surface area contributed by atoms with Gasteiger partial charge < -0.3 is 16.0 Å². The molecule has 1 saturated carbocycles. The predicted octanol–water partition coefficient (Wildman–Crippen LogP) is 4.11. The molecule has 0 aromatic heterocycles. The molecule has 0 unspecified atom stereocenters. The van der Waals surface area contributed by atoms with Crippen LogP contribution in [0, 0.1) is 5.41 Å². The lowest BCUT2D eigenvalue weighted by Crippen LogP contribution is -2.53. The molecule has 2 fully saturated rings. The van der Waals surface area contributed by atoms with Crippen molar-refractivity contribution in [2.45, 2.75) is 56.9 Å². The number of para-hydroxylation sites is 1. The molecule has 1 heterocycles. The third-order valence-corrected chi connectivity index (χ3v) is 7.06.